The van der Waals surface area contributed by atoms with Crippen molar-refractivity contribution in [1.82, 2.24) is 4.90 Å². The second kappa shape index (κ2) is 8.96. The fraction of sp³-hybridized carbons (Fsp3) is 0.619. The van der Waals surface area contributed by atoms with Crippen molar-refractivity contribution in [3.05, 3.63) is 28.8 Å². The molecule has 1 heterocycles. The number of fused-ring (bicyclic) bond motifs is 1. The van der Waals surface area contributed by atoms with E-state index in [4.69, 9.17) is 16.3 Å². The summed E-state index contributed by atoms with van der Waals surface area (Å²) in [6.45, 7) is 5.94. The van der Waals surface area contributed by atoms with Crippen molar-refractivity contribution in [2.24, 2.45) is 17.8 Å². The number of anilines is 1. The highest BCUT2D eigenvalue weighted by Gasteiger charge is 2.33. The second-order valence-electron chi connectivity index (χ2n) is 8.16. The molecule has 1 N–H and O–H groups in total. The molecule has 3 rings (SSSR count). The van der Waals surface area contributed by atoms with E-state index >= 15 is 0 Å². The summed E-state index contributed by atoms with van der Waals surface area (Å²) in [6.07, 6.45) is 5.71. The zero-order valence-corrected chi connectivity index (χ0v) is 16.9. The molecule has 0 aromatic heterocycles. The van der Waals surface area contributed by atoms with Crippen LogP contribution in [0.4, 0.5) is 10.5 Å². The van der Waals surface area contributed by atoms with Gasteiger partial charge in [0, 0.05) is 18.8 Å². The molecule has 1 aliphatic heterocycles. The molecule has 0 radical (unpaired) electrons. The van der Waals surface area contributed by atoms with Crippen LogP contribution in [0.15, 0.2) is 18.2 Å². The Bertz CT molecular complexity index is 692. The lowest BCUT2D eigenvalue weighted by molar-refractivity contribution is 0.0521. The molecular formula is C21H29ClN2O3. The number of hydrogen-bond donors (Lipinski definition) is 1. The summed E-state index contributed by atoms with van der Waals surface area (Å²) in [4.78, 5) is 26.7. The highest BCUT2D eigenvalue weighted by Crippen LogP contribution is 2.36. The van der Waals surface area contributed by atoms with Gasteiger partial charge in [0.25, 0.3) is 5.91 Å². The average molecular weight is 393 g/mol. The van der Waals surface area contributed by atoms with Gasteiger partial charge in [-0.3, -0.25) is 10.1 Å². The summed E-state index contributed by atoms with van der Waals surface area (Å²) in [7, 11) is 0. The Hall–Kier alpha value is -1.75. The van der Waals surface area contributed by atoms with Crippen LogP contribution in [0.3, 0.4) is 0 Å². The minimum Gasteiger partial charge on any atom is -0.449 e. The lowest BCUT2D eigenvalue weighted by atomic mass is 9.75. The Morgan fingerprint density at radius 2 is 1.96 bits per heavy atom. The van der Waals surface area contributed by atoms with Gasteiger partial charge >= 0.3 is 6.09 Å². The van der Waals surface area contributed by atoms with E-state index in [0.29, 0.717) is 28.8 Å². The molecule has 1 aromatic carbocycles. The van der Waals surface area contributed by atoms with Crippen molar-refractivity contribution in [1.29, 1.82) is 0 Å². The van der Waals surface area contributed by atoms with Crippen LogP contribution in [0.1, 0.15) is 56.3 Å². The second-order valence-corrected chi connectivity index (χ2v) is 8.56. The molecule has 1 aromatic rings. The number of ether oxygens (including phenoxy) is 1. The Kier molecular flexibility index (Phi) is 6.64. The third kappa shape index (κ3) is 5.16. The van der Waals surface area contributed by atoms with Crippen molar-refractivity contribution in [3.8, 4) is 0 Å². The summed E-state index contributed by atoms with van der Waals surface area (Å²) >= 11 is 6.35. The van der Waals surface area contributed by atoms with Gasteiger partial charge in [0.05, 0.1) is 17.2 Å². The molecule has 27 heavy (non-hydrogen) atoms. The summed E-state index contributed by atoms with van der Waals surface area (Å²) < 4.78 is 5.10. The molecule has 2 atom stereocenters. The number of nitrogens with zero attached hydrogens (tertiary/aromatic N) is 1. The van der Waals surface area contributed by atoms with Gasteiger partial charge in [-0.25, -0.2) is 4.79 Å². The first-order chi connectivity index (χ1) is 12.9. The van der Waals surface area contributed by atoms with Gasteiger partial charge in [-0.05, 0) is 48.8 Å². The van der Waals surface area contributed by atoms with Crippen LogP contribution in [0, 0.1) is 17.8 Å². The first-order valence-corrected chi connectivity index (χ1v) is 10.3. The minimum atomic E-state index is -0.516. The number of likely N-dealkylation sites (tertiary alicyclic amines) is 1. The van der Waals surface area contributed by atoms with E-state index in [1.807, 2.05) is 18.7 Å². The van der Waals surface area contributed by atoms with Crippen LogP contribution in [0.5, 0.6) is 0 Å². The molecule has 5 nitrogen and oxygen atoms in total. The number of amides is 2. The van der Waals surface area contributed by atoms with Gasteiger partial charge in [0.1, 0.15) is 0 Å². The molecule has 148 valence electrons. The molecule has 6 heteroatoms. The summed E-state index contributed by atoms with van der Waals surface area (Å²) in [5.74, 6) is 1.67. The largest absolute Gasteiger partial charge is 0.449 e. The van der Waals surface area contributed by atoms with Crippen LogP contribution < -0.4 is 5.32 Å². The highest BCUT2D eigenvalue weighted by molar-refractivity contribution is 6.34. The van der Waals surface area contributed by atoms with Crippen LogP contribution in [-0.2, 0) is 4.74 Å². The Balaban J connectivity index is 1.61. The molecule has 2 amide bonds. The number of benzene rings is 1. The maximum atomic E-state index is 12.9. The number of nitrogens with one attached hydrogen (secondary N) is 1. The maximum absolute atomic E-state index is 12.9. The van der Waals surface area contributed by atoms with Gasteiger partial charge in [0.15, 0.2) is 0 Å². The van der Waals surface area contributed by atoms with Crippen molar-refractivity contribution in [3.63, 3.8) is 0 Å². The molecule has 2 fully saturated rings. The molecule has 0 spiro atoms. The average Bonchev–Trinajstić information content (AvgIpc) is 2.65. The third-order valence-electron chi connectivity index (χ3n) is 5.57. The zero-order valence-electron chi connectivity index (χ0n) is 16.2. The van der Waals surface area contributed by atoms with Crippen LogP contribution in [0.25, 0.3) is 0 Å². The number of hydrogen-bond acceptors (Lipinski definition) is 3. The van der Waals surface area contributed by atoms with Crippen molar-refractivity contribution in [2.75, 3.05) is 25.0 Å². The SMILES string of the molecule is CC(C)COC(=O)Nc1ccc(C(=O)N2CCC3CCCC[C@H]3C2)c(Cl)c1. The normalized spacial score (nSPS) is 22.3. The van der Waals surface area contributed by atoms with E-state index in [0.717, 1.165) is 25.4 Å². The van der Waals surface area contributed by atoms with Gasteiger partial charge in [-0.15, -0.1) is 0 Å². The molecule has 0 bridgehead atoms. The van der Waals surface area contributed by atoms with E-state index in [1.54, 1.807) is 18.2 Å². The molecule has 1 saturated carbocycles. The fourth-order valence-electron chi connectivity index (χ4n) is 4.12. The topological polar surface area (TPSA) is 58.6 Å². The van der Waals surface area contributed by atoms with Crippen molar-refractivity contribution < 1.29 is 14.3 Å². The number of carbonyl (C=O) groups excluding carboxylic acids is 2. The standard InChI is InChI=1S/C21H29ClN2O3/c1-14(2)13-27-21(26)23-17-7-8-18(19(22)11-17)20(25)24-10-9-15-5-3-4-6-16(15)12-24/h7-8,11,14-16H,3-6,9-10,12-13H2,1-2H3,(H,23,26)/t15?,16-/m0/s1. The molecule has 1 aliphatic carbocycles. The Labute approximate surface area is 166 Å². The predicted octanol–water partition coefficient (Wildman–Crippen LogP) is 5.20. The van der Waals surface area contributed by atoms with Crippen molar-refractivity contribution >= 4 is 29.3 Å². The van der Waals surface area contributed by atoms with E-state index < -0.39 is 6.09 Å². The zero-order chi connectivity index (χ0) is 19.4. The van der Waals surface area contributed by atoms with E-state index in [1.165, 1.54) is 25.7 Å². The smallest absolute Gasteiger partial charge is 0.411 e. The van der Waals surface area contributed by atoms with E-state index in [-0.39, 0.29) is 11.8 Å². The molecule has 1 saturated heterocycles. The molecular weight excluding hydrogens is 364 g/mol. The lowest BCUT2D eigenvalue weighted by Gasteiger charge is -2.41. The first-order valence-electron chi connectivity index (χ1n) is 9.96. The van der Waals surface area contributed by atoms with E-state index in [2.05, 4.69) is 5.32 Å². The molecule has 1 unspecified atom stereocenters. The van der Waals surface area contributed by atoms with Gasteiger partial charge in [-0.2, -0.15) is 0 Å². The lowest BCUT2D eigenvalue weighted by Crippen LogP contribution is -2.44. The Morgan fingerprint density at radius 3 is 2.67 bits per heavy atom. The molecule has 2 aliphatic rings. The number of piperidine rings is 1. The predicted molar refractivity (Wildman–Crippen MR) is 107 cm³/mol. The van der Waals surface area contributed by atoms with E-state index in [9.17, 15) is 9.59 Å². The summed E-state index contributed by atoms with van der Waals surface area (Å²) in [5, 5.41) is 3.00. The summed E-state index contributed by atoms with van der Waals surface area (Å²) in [5.41, 5.74) is 1.02. The summed E-state index contributed by atoms with van der Waals surface area (Å²) in [6, 6.07) is 5.00. The number of rotatable bonds is 4. The van der Waals surface area contributed by atoms with Gasteiger partial charge in [-0.1, -0.05) is 44.7 Å². The maximum Gasteiger partial charge on any atom is 0.411 e. The van der Waals surface area contributed by atoms with Gasteiger partial charge < -0.3 is 9.64 Å². The highest BCUT2D eigenvalue weighted by atomic mass is 35.5. The Morgan fingerprint density at radius 1 is 1.22 bits per heavy atom. The number of carbonyl (C=O) groups is 2. The minimum absolute atomic E-state index is 0.0158. The third-order valence-corrected chi connectivity index (χ3v) is 5.88. The monoisotopic (exact) mass is 392 g/mol. The first kappa shape index (κ1) is 20.0. The van der Waals surface area contributed by atoms with Crippen LogP contribution >= 0.6 is 11.6 Å². The number of halogens is 1. The van der Waals surface area contributed by atoms with Crippen molar-refractivity contribution in [2.45, 2.75) is 46.0 Å². The quantitative estimate of drug-likeness (QED) is 0.766. The fourth-order valence-corrected chi connectivity index (χ4v) is 4.38. The van der Waals surface area contributed by atoms with Crippen LogP contribution in [0.2, 0.25) is 5.02 Å². The van der Waals surface area contributed by atoms with Crippen LogP contribution in [-0.4, -0.2) is 36.6 Å². The van der Waals surface area contributed by atoms with Gasteiger partial charge in [0.2, 0.25) is 0 Å².